The van der Waals surface area contributed by atoms with Crippen LogP contribution in [0.5, 0.6) is 0 Å². The van der Waals surface area contributed by atoms with Gasteiger partial charge in [-0.1, -0.05) is 0 Å². The molecule has 4 heteroatoms. The number of hydrogen-bond acceptors (Lipinski definition) is 4. The smallest absolute Gasteiger partial charge is 0.379 e. The first-order chi connectivity index (χ1) is 6.22. The van der Waals surface area contributed by atoms with Gasteiger partial charge in [-0.2, -0.15) is 0 Å². The third kappa shape index (κ3) is 6.22. The van der Waals surface area contributed by atoms with Crippen LogP contribution in [0, 0.1) is 0 Å². The number of esters is 1. The number of ether oxygens (including phenoxy) is 1. The molecule has 0 unspecified atom stereocenters. The largest absolute Gasteiger partial charge is 0.454 e. The Kier molecular flexibility index (Phi) is 4.34. The lowest BCUT2D eigenvalue weighted by Crippen LogP contribution is -2.28. The van der Waals surface area contributed by atoms with Crippen LogP contribution in [0.3, 0.4) is 0 Å². The van der Waals surface area contributed by atoms with Crippen molar-refractivity contribution in [3.8, 4) is 0 Å². The van der Waals surface area contributed by atoms with E-state index in [1.165, 1.54) is 12.3 Å². The van der Waals surface area contributed by atoms with Gasteiger partial charge in [0, 0.05) is 26.4 Å². The van der Waals surface area contributed by atoms with E-state index in [1.54, 1.807) is 39.8 Å². The molecule has 0 radical (unpaired) electrons. The molecule has 0 saturated heterocycles. The molecule has 0 aliphatic heterocycles. The number of carbonyl (C=O) groups excluding carboxylic acids is 2. The first kappa shape index (κ1) is 12.7. The first-order valence-corrected chi connectivity index (χ1v) is 4.34. The number of rotatable bonds is 3. The minimum Gasteiger partial charge on any atom is -0.454 e. The average Bonchev–Trinajstić information content (AvgIpc) is 1.96. The Morgan fingerprint density at radius 1 is 1.21 bits per heavy atom. The Bertz CT molecular complexity index is 249. The van der Waals surface area contributed by atoms with E-state index in [2.05, 4.69) is 0 Å². The van der Waals surface area contributed by atoms with E-state index in [0.717, 1.165) is 0 Å². The highest BCUT2D eigenvalue weighted by Crippen LogP contribution is 2.07. The average molecular weight is 199 g/mol. The fourth-order valence-corrected chi connectivity index (χ4v) is 0.613. The third-order valence-corrected chi connectivity index (χ3v) is 1.12. The summed E-state index contributed by atoms with van der Waals surface area (Å²) >= 11 is 0. The molecule has 0 spiro atoms. The molecule has 0 aromatic rings. The van der Waals surface area contributed by atoms with Crippen LogP contribution in [-0.4, -0.2) is 36.3 Å². The summed E-state index contributed by atoms with van der Waals surface area (Å²) in [6.45, 7) is 5.15. The molecule has 0 amide bonds. The maximum absolute atomic E-state index is 11.1. The van der Waals surface area contributed by atoms with Gasteiger partial charge in [-0.05, 0) is 20.8 Å². The minimum atomic E-state index is -0.824. The highest BCUT2D eigenvalue weighted by atomic mass is 16.6. The second kappa shape index (κ2) is 4.79. The van der Waals surface area contributed by atoms with E-state index in [1.807, 2.05) is 0 Å². The van der Waals surface area contributed by atoms with Crippen molar-refractivity contribution in [2.24, 2.45) is 0 Å². The molecule has 0 N–H and O–H groups in total. The van der Waals surface area contributed by atoms with Gasteiger partial charge in [0.1, 0.15) is 5.60 Å². The quantitative estimate of drug-likeness (QED) is 0.386. The standard InChI is InChI=1S/C10H17NO3/c1-10(2,3)14-9(13)8(12)6-7-11(4)5/h6-7H,1-5H3/b7-6+. The van der Waals surface area contributed by atoms with Gasteiger partial charge in [0.05, 0.1) is 0 Å². The van der Waals surface area contributed by atoms with Crippen molar-refractivity contribution in [1.29, 1.82) is 0 Å². The number of hydrogen-bond donors (Lipinski definition) is 0. The summed E-state index contributed by atoms with van der Waals surface area (Å²) in [5.41, 5.74) is -0.626. The molecular weight excluding hydrogens is 182 g/mol. The Hall–Kier alpha value is -1.32. The molecular formula is C10H17NO3. The molecule has 0 fully saturated rings. The van der Waals surface area contributed by atoms with Crippen LogP contribution in [-0.2, 0) is 14.3 Å². The van der Waals surface area contributed by atoms with Gasteiger partial charge in [-0.15, -0.1) is 0 Å². The molecule has 0 heterocycles. The van der Waals surface area contributed by atoms with Crippen molar-refractivity contribution < 1.29 is 14.3 Å². The zero-order chi connectivity index (χ0) is 11.4. The Labute approximate surface area is 84.5 Å². The van der Waals surface area contributed by atoms with Crippen LogP contribution >= 0.6 is 0 Å². The number of carbonyl (C=O) groups is 2. The molecule has 0 aliphatic rings. The van der Waals surface area contributed by atoms with E-state index >= 15 is 0 Å². The molecule has 0 bridgehead atoms. The normalized spacial score (nSPS) is 11.5. The van der Waals surface area contributed by atoms with Gasteiger partial charge < -0.3 is 9.64 Å². The lowest BCUT2D eigenvalue weighted by Gasteiger charge is -2.18. The molecule has 0 rings (SSSR count). The van der Waals surface area contributed by atoms with E-state index in [-0.39, 0.29) is 0 Å². The van der Waals surface area contributed by atoms with Crippen molar-refractivity contribution in [1.82, 2.24) is 4.90 Å². The fraction of sp³-hybridized carbons (Fsp3) is 0.600. The lowest BCUT2D eigenvalue weighted by molar-refractivity contribution is -0.160. The maximum Gasteiger partial charge on any atom is 0.379 e. The van der Waals surface area contributed by atoms with Crippen LogP contribution in [0.1, 0.15) is 20.8 Å². The first-order valence-electron chi connectivity index (χ1n) is 4.34. The van der Waals surface area contributed by atoms with Crippen LogP contribution in [0.2, 0.25) is 0 Å². The Morgan fingerprint density at radius 3 is 2.07 bits per heavy atom. The highest BCUT2D eigenvalue weighted by molar-refractivity contribution is 6.38. The second-order valence-corrected chi connectivity index (χ2v) is 4.15. The second-order valence-electron chi connectivity index (χ2n) is 4.15. The molecule has 4 nitrogen and oxygen atoms in total. The van der Waals surface area contributed by atoms with E-state index in [4.69, 9.17) is 4.74 Å². The van der Waals surface area contributed by atoms with Gasteiger partial charge in [-0.3, -0.25) is 4.79 Å². The monoisotopic (exact) mass is 199 g/mol. The predicted molar refractivity (Wildman–Crippen MR) is 53.7 cm³/mol. The van der Waals surface area contributed by atoms with Crippen LogP contribution in [0.15, 0.2) is 12.3 Å². The number of ketones is 1. The van der Waals surface area contributed by atoms with Gasteiger partial charge in [0.15, 0.2) is 0 Å². The SMILES string of the molecule is CN(C)/C=C/C(=O)C(=O)OC(C)(C)C. The summed E-state index contributed by atoms with van der Waals surface area (Å²) in [5, 5.41) is 0. The number of nitrogens with zero attached hydrogens (tertiary/aromatic N) is 1. The Balaban J connectivity index is 4.22. The van der Waals surface area contributed by atoms with E-state index in [0.29, 0.717) is 0 Å². The topological polar surface area (TPSA) is 46.6 Å². The fourth-order valence-electron chi connectivity index (χ4n) is 0.613. The lowest BCUT2D eigenvalue weighted by atomic mass is 10.2. The predicted octanol–water partition coefficient (Wildman–Crippen LogP) is 0.972. The molecule has 0 saturated carbocycles. The third-order valence-electron chi connectivity index (χ3n) is 1.12. The zero-order valence-corrected chi connectivity index (χ0v) is 9.33. The van der Waals surface area contributed by atoms with Crippen LogP contribution < -0.4 is 0 Å². The van der Waals surface area contributed by atoms with Gasteiger partial charge >= 0.3 is 5.97 Å². The molecule has 0 aliphatic carbocycles. The van der Waals surface area contributed by atoms with Crippen molar-refractivity contribution in [3.63, 3.8) is 0 Å². The molecule has 0 atom stereocenters. The van der Waals surface area contributed by atoms with Gasteiger partial charge in [-0.25, -0.2) is 4.79 Å². The summed E-state index contributed by atoms with van der Waals surface area (Å²) in [5.74, 6) is -1.47. The molecule has 0 aromatic heterocycles. The van der Waals surface area contributed by atoms with Crippen LogP contribution in [0.4, 0.5) is 0 Å². The summed E-state index contributed by atoms with van der Waals surface area (Å²) in [4.78, 5) is 23.9. The van der Waals surface area contributed by atoms with E-state index < -0.39 is 17.4 Å². The van der Waals surface area contributed by atoms with Crippen molar-refractivity contribution in [3.05, 3.63) is 12.3 Å². The van der Waals surface area contributed by atoms with Crippen LogP contribution in [0.25, 0.3) is 0 Å². The maximum atomic E-state index is 11.1. The highest BCUT2D eigenvalue weighted by Gasteiger charge is 2.20. The molecule has 80 valence electrons. The zero-order valence-electron chi connectivity index (χ0n) is 9.33. The minimum absolute atomic E-state index is 0.626. The summed E-state index contributed by atoms with van der Waals surface area (Å²) in [6.07, 6.45) is 2.69. The Morgan fingerprint density at radius 2 is 1.71 bits per heavy atom. The summed E-state index contributed by atoms with van der Waals surface area (Å²) in [7, 11) is 3.53. The van der Waals surface area contributed by atoms with Gasteiger partial charge in [0.2, 0.25) is 0 Å². The summed E-state index contributed by atoms with van der Waals surface area (Å²) < 4.78 is 4.87. The van der Waals surface area contributed by atoms with Crippen molar-refractivity contribution in [2.45, 2.75) is 26.4 Å². The van der Waals surface area contributed by atoms with Crippen molar-refractivity contribution >= 4 is 11.8 Å². The van der Waals surface area contributed by atoms with Crippen molar-refractivity contribution in [2.75, 3.05) is 14.1 Å². The van der Waals surface area contributed by atoms with Gasteiger partial charge in [0.25, 0.3) is 5.78 Å². The summed E-state index contributed by atoms with van der Waals surface area (Å²) in [6, 6.07) is 0. The molecule has 0 aromatic carbocycles. The van der Waals surface area contributed by atoms with E-state index in [9.17, 15) is 9.59 Å². The molecule has 14 heavy (non-hydrogen) atoms.